The number of hydrogen-bond donors (Lipinski definition) is 1. The average molecular weight is 331 g/mol. The van der Waals surface area contributed by atoms with Crippen molar-refractivity contribution < 1.29 is 8.78 Å². The fourth-order valence-corrected chi connectivity index (χ4v) is 2.48. The number of nitrogens with one attached hydrogen (secondary N) is 1. The van der Waals surface area contributed by atoms with Gasteiger partial charge < -0.3 is 5.32 Å². The van der Waals surface area contributed by atoms with E-state index in [0.29, 0.717) is 27.8 Å². The molecule has 0 aliphatic rings. The van der Waals surface area contributed by atoms with Crippen LogP contribution in [-0.4, -0.2) is 11.5 Å². The van der Waals surface area contributed by atoms with Crippen LogP contribution >= 0.6 is 23.2 Å². The lowest BCUT2D eigenvalue weighted by Gasteiger charge is -2.20. The second-order valence-corrected chi connectivity index (χ2v) is 5.42. The Bertz CT molecular complexity index is 635. The molecule has 0 bridgehead atoms. The van der Waals surface area contributed by atoms with Crippen molar-refractivity contribution in [2.45, 2.75) is 19.4 Å². The van der Waals surface area contributed by atoms with Crippen LogP contribution in [0.3, 0.4) is 0 Å². The van der Waals surface area contributed by atoms with Crippen LogP contribution in [0.2, 0.25) is 10.0 Å². The Morgan fingerprint density at radius 1 is 1.19 bits per heavy atom. The standard InChI is InChI=1S/C15H14Cl2F2N2/c1-2-5-20-14(9-3-4-12(18)13(19)6-9)15-11(17)7-10(16)8-21-15/h3-4,6-8,14,20H,2,5H2,1H3. The molecule has 2 aromatic rings. The highest BCUT2D eigenvalue weighted by molar-refractivity contribution is 6.34. The third-order valence-electron chi connectivity index (χ3n) is 2.99. The first-order valence-electron chi connectivity index (χ1n) is 6.52. The Labute approximate surface area is 132 Å². The molecule has 1 heterocycles. The van der Waals surface area contributed by atoms with Crippen LogP contribution in [0.5, 0.6) is 0 Å². The van der Waals surface area contributed by atoms with Crippen LogP contribution in [0.4, 0.5) is 8.78 Å². The monoisotopic (exact) mass is 330 g/mol. The molecule has 2 nitrogen and oxygen atoms in total. The van der Waals surface area contributed by atoms with E-state index in [1.165, 1.54) is 12.3 Å². The summed E-state index contributed by atoms with van der Waals surface area (Å²) in [6, 6.07) is 4.90. The molecule has 1 aromatic carbocycles. The molecule has 1 unspecified atom stereocenters. The minimum atomic E-state index is -0.902. The molecule has 1 atom stereocenters. The van der Waals surface area contributed by atoms with E-state index in [-0.39, 0.29) is 0 Å². The fourth-order valence-electron chi connectivity index (χ4n) is 1.99. The summed E-state index contributed by atoms with van der Waals surface area (Å²) >= 11 is 12.0. The Morgan fingerprint density at radius 3 is 2.57 bits per heavy atom. The largest absolute Gasteiger partial charge is 0.305 e. The summed E-state index contributed by atoms with van der Waals surface area (Å²) < 4.78 is 26.6. The second kappa shape index (κ2) is 7.16. The Hall–Kier alpha value is -1.23. The molecule has 2 rings (SSSR count). The van der Waals surface area contributed by atoms with Crippen molar-refractivity contribution in [1.29, 1.82) is 0 Å². The summed E-state index contributed by atoms with van der Waals surface area (Å²) in [7, 11) is 0. The normalized spacial score (nSPS) is 12.4. The van der Waals surface area contributed by atoms with Crippen LogP contribution in [0.15, 0.2) is 30.5 Å². The molecule has 6 heteroatoms. The van der Waals surface area contributed by atoms with Crippen LogP contribution in [0.25, 0.3) is 0 Å². The van der Waals surface area contributed by atoms with Crippen molar-refractivity contribution >= 4 is 23.2 Å². The number of pyridine rings is 1. The lowest BCUT2D eigenvalue weighted by molar-refractivity contribution is 0.502. The van der Waals surface area contributed by atoms with Gasteiger partial charge in [-0.3, -0.25) is 4.98 Å². The Morgan fingerprint density at radius 2 is 1.95 bits per heavy atom. The summed E-state index contributed by atoms with van der Waals surface area (Å²) in [6.07, 6.45) is 2.36. The van der Waals surface area contributed by atoms with E-state index < -0.39 is 17.7 Å². The SMILES string of the molecule is CCCNC(c1ccc(F)c(F)c1)c1ncc(Cl)cc1Cl. The summed E-state index contributed by atoms with van der Waals surface area (Å²) in [5, 5.41) is 4.03. The molecular formula is C15H14Cl2F2N2. The summed E-state index contributed by atoms with van der Waals surface area (Å²) in [5.41, 5.74) is 1.08. The van der Waals surface area contributed by atoms with Gasteiger partial charge in [-0.25, -0.2) is 8.78 Å². The molecule has 0 aliphatic heterocycles. The zero-order valence-corrected chi connectivity index (χ0v) is 12.8. The predicted octanol–water partition coefficient (Wildman–Crippen LogP) is 4.76. The number of nitrogens with zero attached hydrogens (tertiary/aromatic N) is 1. The first kappa shape index (κ1) is 16.1. The highest BCUT2D eigenvalue weighted by Crippen LogP contribution is 2.29. The van der Waals surface area contributed by atoms with Crippen molar-refractivity contribution in [3.8, 4) is 0 Å². The zero-order chi connectivity index (χ0) is 15.4. The number of halogens is 4. The van der Waals surface area contributed by atoms with Crippen molar-refractivity contribution in [2.75, 3.05) is 6.54 Å². The minimum absolute atomic E-state index is 0.376. The molecule has 1 aromatic heterocycles. The van der Waals surface area contributed by atoms with Gasteiger partial charge in [-0.2, -0.15) is 0 Å². The number of benzene rings is 1. The molecule has 112 valence electrons. The molecule has 1 N–H and O–H groups in total. The average Bonchev–Trinajstić information content (AvgIpc) is 2.44. The molecule has 0 spiro atoms. The quantitative estimate of drug-likeness (QED) is 0.855. The molecular weight excluding hydrogens is 317 g/mol. The Kier molecular flexibility index (Phi) is 5.51. The smallest absolute Gasteiger partial charge is 0.159 e. The minimum Gasteiger partial charge on any atom is -0.305 e. The maximum atomic E-state index is 13.5. The lowest BCUT2D eigenvalue weighted by atomic mass is 10.0. The van der Waals surface area contributed by atoms with E-state index in [2.05, 4.69) is 10.3 Å². The summed E-state index contributed by atoms with van der Waals surface area (Å²) in [6.45, 7) is 2.69. The van der Waals surface area contributed by atoms with Gasteiger partial charge in [-0.05, 0) is 36.7 Å². The summed E-state index contributed by atoms with van der Waals surface area (Å²) in [4.78, 5) is 4.22. The van der Waals surface area contributed by atoms with Crippen molar-refractivity contribution in [3.05, 3.63) is 63.4 Å². The molecule has 0 radical (unpaired) electrons. The van der Waals surface area contributed by atoms with Gasteiger partial charge in [0.15, 0.2) is 11.6 Å². The second-order valence-electron chi connectivity index (χ2n) is 4.58. The lowest BCUT2D eigenvalue weighted by Crippen LogP contribution is -2.24. The van der Waals surface area contributed by atoms with Gasteiger partial charge in [0.25, 0.3) is 0 Å². The van der Waals surface area contributed by atoms with Crippen LogP contribution in [0.1, 0.15) is 30.6 Å². The van der Waals surface area contributed by atoms with E-state index >= 15 is 0 Å². The topological polar surface area (TPSA) is 24.9 Å². The number of hydrogen-bond acceptors (Lipinski definition) is 2. The van der Waals surface area contributed by atoms with E-state index in [9.17, 15) is 8.78 Å². The highest BCUT2D eigenvalue weighted by Gasteiger charge is 2.19. The summed E-state index contributed by atoms with van der Waals surface area (Å²) in [5.74, 6) is -1.79. The molecule has 0 amide bonds. The van der Waals surface area contributed by atoms with E-state index in [0.717, 1.165) is 18.6 Å². The van der Waals surface area contributed by atoms with Gasteiger partial charge >= 0.3 is 0 Å². The number of aromatic nitrogens is 1. The molecule has 0 aliphatic carbocycles. The molecule has 0 fully saturated rings. The van der Waals surface area contributed by atoms with Crippen LogP contribution in [-0.2, 0) is 0 Å². The van der Waals surface area contributed by atoms with Crippen molar-refractivity contribution in [1.82, 2.24) is 10.3 Å². The van der Waals surface area contributed by atoms with E-state index in [4.69, 9.17) is 23.2 Å². The van der Waals surface area contributed by atoms with Crippen LogP contribution < -0.4 is 5.32 Å². The van der Waals surface area contributed by atoms with Gasteiger partial charge in [0.05, 0.1) is 21.8 Å². The fraction of sp³-hybridized carbons (Fsp3) is 0.267. The molecule has 0 saturated heterocycles. The zero-order valence-electron chi connectivity index (χ0n) is 11.3. The van der Waals surface area contributed by atoms with Gasteiger partial charge in [0, 0.05) is 6.20 Å². The first-order valence-corrected chi connectivity index (χ1v) is 7.27. The molecule has 21 heavy (non-hydrogen) atoms. The van der Waals surface area contributed by atoms with E-state index in [1.807, 2.05) is 6.92 Å². The van der Waals surface area contributed by atoms with Crippen molar-refractivity contribution in [3.63, 3.8) is 0 Å². The van der Waals surface area contributed by atoms with Crippen LogP contribution in [0, 0.1) is 11.6 Å². The predicted molar refractivity (Wildman–Crippen MR) is 80.8 cm³/mol. The molecule has 0 saturated carbocycles. The first-order chi connectivity index (χ1) is 10.0. The van der Waals surface area contributed by atoms with Gasteiger partial charge in [0.2, 0.25) is 0 Å². The maximum Gasteiger partial charge on any atom is 0.159 e. The number of rotatable bonds is 5. The third-order valence-corrected chi connectivity index (χ3v) is 3.49. The van der Waals surface area contributed by atoms with Crippen molar-refractivity contribution in [2.24, 2.45) is 0 Å². The third kappa shape index (κ3) is 3.90. The Balaban J connectivity index is 2.44. The van der Waals surface area contributed by atoms with Gasteiger partial charge in [-0.15, -0.1) is 0 Å². The van der Waals surface area contributed by atoms with E-state index in [1.54, 1.807) is 6.07 Å². The van der Waals surface area contributed by atoms with Gasteiger partial charge in [-0.1, -0.05) is 36.2 Å². The van der Waals surface area contributed by atoms with Gasteiger partial charge in [0.1, 0.15) is 0 Å². The maximum absolute atomic E-state index is 13.5. The highest BCUT2D eigenvalue weighted by atomic mass is 35.5.